The largest absolute Gasteiger partial charge is 0.380 e. The Hall–Kier alpha value is -0.820. The highest BCUT2D eigenvalue weighted by atomic mass is 127. The van der Waals surface area contributed by atoms with E-state index in [1.165, 1.54) is 49.7 Å². The van der Waals surface area contributed by atoms with Crippen molar-refractivity contribution in [2.75, 3.05) is 7.11 Å². The number of hydrogen-bond donors (Lipinski definition) is 2. The van der Waals surface area contributed by atoms with Crippen LogP contribution >= 0.6 is 24.0 Å². The summed E-state index contributed by atoms with van der Waals surface area (Å²) < 4.78 is 5.22. The zero-order chi connectivity index (χ0) is 14.9. The number of nitrogens with two attached hydrogens (primary N) is 1. The van der Waals surface area contributed by atoms with Gasteiger partial charge in [-0.1, -0.05) is 49.9 Å². The number of aliphatic imine (C=N–C) groups is 1. The Labute approximate surface area is 150 Å². The minimum Gasteiger partial charge on any atom is -0.380 e. The Morgan fingerprint density at radius 3 is 2.45 bits per heavy atom. The summed E-state index contributed by atoms with van der Waals surface area (Å²) in [5.74, 6) is 0.564. The molecule has 0 saturated heterocycles. The van der Waals surface area contributed by atoms with Crippen LogP contribution in [-0.2, 0) is 17.9 Å². The smallest absolute Gasteiger partial charge is 0.189 e. The Morgan fingerprint density at radius 2 is 1.82 bits per heavy atom. The fourth-order valence-corrected chi connectivity index (χ4v) is 2.86. The molecular formula is C17H28IN3O. The van der Waals surface area contributed by atoms with Crippen molar-refractivity contribution in [3.63, 3.8) is 0 Å². The van der Waals surface area contributed by atoms with Crippen molar-refractivity contribution >= 4 is 29.9 Å². The van der Waals surface area contributed by atoms with Gasteiger partial charge in [0.15, 0.2) is 5.96 Å². The highest BCUT2D eigenvalue weighted by Gasteiger charge is 2.12. The van der Waals surface area contributed by atoms with Crippen LogP contribution in [-0.4, -0.2) is 19.1 Å². The summed E-state index contributed by atoms with van der Waals surface area (Å²) in [5.41, 5.74) is 8.38. The lowest BCUT2D eigenvalue weighted by Crippen LogP contribution is -2.39. The first-order valence-electron chi connectivity index (χ1n) is 7.92. The molecule has 0 radical (unpaired) electrons. The molecule has 1 saturated carbocycles. The van der Waals surface area contributed by atoms with E-state index in [1.807, 2.05) is 12.1 Å². The zero-order valence-corrected chi connectivity index (χ0v) is 15.7. The molecule has 5 heteroatoms. The molecule has 0 atom stereocenters. The minimum absolute atomic E-state index is 0. The number of rotatable bonds is 5. The van der Waals surface area contributed by atoms with E-state index in [4.69, 9.17) is 10.5 Å². The molecule has 0 aromatic heterocycles. The first-order valence-corrected chi connectivity index (χ1v) is 7.92. The second-order valence-electron chi connectivity index (χ2n) is 5.74. The molecular weight excluding hydrogens is 389 g/mol. The number of ether oxygens (including phenoxy) is 1. The number of guanidine groups is 1. The molecule has 0 bridgehead atoms. The maximum Gasteiger partial charge on any atom is 0.189 e. The summed E-state index contributed by atoms with van der Waals surface area (Å²) in [6.45, 7) is 1.22. The summed E-state index contributed by atoms with van der Waals surface area (Å²) in [6, 6.07) is 8.69. The predicted octanol–water partition coefficient (Wildman–Crippen LogP) is 3.58. The Balaban J connectivity index is 0.00000242. The predicted molar refractivity (Wildman–Crippen MR) is 103 cm³/mol. The van der Waals surface area contributed by atoms with Crippen molar-refractivity contribution in [2.45, 2.75) is 57.7 Å². The van der Waals surface area contributed by atoms with E-state index in [0.29, 0.717) is 25.2 Å². The van der Waals surface area contributed by atoms with Crippen LogP contribution in [0.5, 0.6) is 0 Å². The van der Waals surface area contributed by atoms with Gasteiger partial charge in [-0.25, -0.2) is 4.99 Å². The Bertz CT molecular complexity index is 457. The van der Waals surface area contributed by atoms with Crippen molar-refractivity contribution in [2.24, 2.45) is 10.7 Å². The SMILES string of the molecule is COCc1ccccc1CN=C(N)NC1CCCCCC1.I. The molecule has 4 nitrogen and oxygen atoms in total. The maximum absolute atomic E-state index is 6.04. The molecule has 2 rings (SSSR count). The van der Waals surface area contributed by atoms with Gasteiger partial charge in [0.05, 0.1) is 13.2 Å². The molecule has 0 unspecified atom stereocenters. The van der Waals surface area contributed by atoms with E-state index in [-0.39, 0.29) is 24.0 Å². The quantitative estimate of drug-likeness (QED) is 0.333. The number of benzene rings is 1. The van der Waals surface area contributed by atoms with Gasteiger partial charge in [0.25, 0.3) is 0 Å². The molecule has 1 aliphatic rings. The molecule has 124 valence electrons. The molecule has 0 heterocycles. The van der Waals surface area contributed by atoms with Crippen LogP contribution in [0, 0.1) is 0 Å². The van der Waals surface area contributed by atoms with E-state index < -0.39 is 0 Å². The van der Waals surface area contributed by atoms with Crippen molar-refractivity contribution in [1.29, 1.82) is 0 Å². The van der Waals surface area contributed by atoms with Crippen LogP contribution < -0.4 is 11.1 Å². The molecule has 3 N–H and O–H groups in total. The summed E-state index contributed by atoms with van der Waals surface area (Å²) >= 11 is 0. The highest BCUT2D eigenvalue weighted by molar-refractivity contribution is 14.0. The van der Waals surface area contributed by atoms with Crippen molar-refractivity contribution < 1.29 is 4.74 Å². The maximum atomic E-state index is 6.04. The van der Waals surface area contributed by atoms with Crippen molar-refractivity contribution in [3.05, 3.63) is 35.4 Å². The average Bonchev–Trinajstić information content (AvgIpc) is 2.75. The molecule has 0 amide bonds. The summed E-state index contributed by atoms with van der Waals surface area (Å²) in [4.78, 5) is 4.49. The monoisotopic (exact) mass is 417 g/mol. The topological polar surface area (TPSA) is 59.6 Å². The van der Waals surface area contributed by atoms with Gasteiger partial charge >= 0.3 is 0 Å². The third-order valence-corrected chi connectivity index (χ3v) is 4.05. The van der Waals surface area contributed by atoms with Crippen LogP contribution in [0.4, 0.5) is 0 Å². The standard InChI is InChI=1S/C17H27N3O.HI/c1-21-13-15-9-7-6-8-14(15)12-19-17(18)20-16-10-4-2-3-5-11-16;/h6-9,16H,2-5,10-13H2,1H3,(H3,18,19,20);1H. The van der Waals surface area contributed by atoms with Gasteiger partial charge in [-0.2, -0.15) is 0 Å². The lowest BCUT2D eigenvalue weighted by molar-refractivity contribution is 0.184. The lowest BCUT2D eigenvalue weighted by atomic mass is 10.1. The fraction of sp³-hybridized carbons (Fsp3) is 0.588. The van der Waals surface area contributed by atoms with Gasteiger partial charge in [0.2, 0.25) is 0 Å². The summed E-state index contributed by atoms with van der Waals surface area (Å²) in [6.07, 6.45) is 7.69. The summed E-state index contributed by atoms with van der Waals surface area (Å²) in [7, 11) is 1.71. The van der Waals surface area contributed by atoms with Crippen LogP contribution in [0.2, 0.25) is 0 Å². The molecule has 1 aliphatic carbocycles. The second kappa shape index (κ2) is 10.8. The van der Waals surface area contributed by atoms with E-state index in [9.17, 15) is 0 Å². The van der Waals surface area contributed by atoms with Gasteiger partial charge in [-0.15, -0.1) is 24.0 Å². The van der Waals surface area contributed by atoms with Crippen LogP contribution in [0.15, 0.2) is 29.3 Å². The van der Waals surface area contributed by atoms with E-state index >= 15 is 0 Å². The fourth-order valence-electron chi connectivity index (χ4n) is 2.86. The average molecular weight is 417 g/mol. The molecule has 1 aromatic rings. The number of nitrogens with zero attached hydrogens (tertiary/aromatic N) is 1. The number of halogens is 1. The third-order valence-electron chi connectivity index (χ3n) is 4.05. The van der Waals surface area contributed by atoms with Crippen molar-refractivity contribution in [3.8, 4) is 0 Å². The van der Waals surface area contributed by atoms with Crippen LogP contribution in [0.3, 0.4) is 0 Å². The molecule has 0 aliphatic heterocycles. The van der Waals surface area contributed by atoms with E-state index in [2.05, 4.69) is 22.4 Å². The number of hydrogen-bond acceptors (Lipinski definition) is 2. The molecule has 0 spiro atoms. The lowest BCUT2D eigenvalue weighted by Gasteiger charge is -2.16. The first kappa shape index (κ1) is 19.2. The van der Waals surface area contributed by atoms with Gasteiger partial charge in [-0.3, -0.25) is 0 Å². The number of nitrogens with one attached hydrogen (secondary N) is 1. The minimum atomic E-state index is 0. The molecule has 1 fully saturated rings. The number of methoxy groups -OCH3 is 1. The zero-order valence-electron chi connectivity index (χ0n) is 13.4. The van der Waals surface area contributed by atoms with Gasteiger partial charge in [-0.05, 0) is 24.0 Å². The third kappa shape index (κ3) is 6.52. The molecule has 22 heavy (non-hydrogen) atoms. The van der Waals surface area contributed by atoms with E-state index in [0.717, 1.165) is 0 Å². The normalized spacial score (nSPS) is 16.7. The highest BCUT2D eigenvalue weighted by Crippen LogP contribution is 2.17. The van der Waals surface area contributed by atoms with E-state index in [1.54, 1.807) is 7.11 Å². The van der Waals surface area contributed by atoms with Gasteiger partial charge in [0, 0.05) is 13.2 Å². The van der Waals surface area contributed by atoms with Gasteiger partial charge < -0.3 is 15.8 Å². The molecule has 1 aromatic carbocycles. The second-order valence-corrected chi connectivity index (χ2v) is 5.74. The Kier molecular flexibility index (Phi) is 9.47. The first-order chi connectivity index (χ1) is 10.3. The van der Waals surface area contributed by atoms with Crippen LogP contribution in [0.25, 0.3) is 0 Å². The van der Waals surface area contributed by atoms with Crippen molar-refractivity contribution in [1.82, 2.24) is 5.32 Å². The van der Waals surface area contributed by atoms with Gasteiger partial charge in [0.1, 0.15) is 0 Å². The van der Waals surface area contributed by atoms with Crippen LogP contribution in [0.1, 0.15) is 49.7 Å². The summed E-state index contributed by atoms with van der Waals surface area (Å²) in [5, 5.41) is 3.38. The Morgan fingerprint density at radius 1 is 1.18 bits per heavy atom.